The van der Waals surface area contributed by atoms with E-state index in [2.05, 4.69) is 36.4 Å². The molecule has 0 heterocycles. The number of hydrogen-bond donors (Lipinski definition) is 2. The van der Waals surface area contributed by atoms with E-state index in [1.165, 1.54) is 16.3 Å². The summed E-state index contributed by atoms with van der Waals surface area (Å²) in [6.07, 6.45) is 0. The number of benzene rings is 3. The highest BCUT2D eigenvalue weighted by Gasteiger charge is 2.32. The van der Waals surface area contributed by atoms with E-state index in [0.717, 1.165) is 16.7 Å². The fourth-order valence-corrected chi connectivity index (χ4v) is 3.86. The Morgan fingerprint density at radius 1 is 0.636 bits per heavy atom. The van der Waals surface area contributed by atoms with E-state index >= 15 is 0 Å². The van der Waals surface area contributed by atoms with Gasteiger partial charge in [0.1, 0.15) is 0 Å². The van der Waals surface area contributed by atoms with Crippen molar-refractivity contribution in [3.63, 3.8) is 0 Å². The summed E-state index contributed by atoms with van der Waals surface area (Å²) in [4.78, 5) is 0. The van der Waals surface area contributed by atoms with Gasteiger partial charge in [-0.3, -0.25) is 0 Å². The molecule has 3 aromatic rings. The van der Waals surface area contributed by atoms with Gasteiger partial charge in [-0.15, -0.1) is 0 Å². The Hall–Kier alpha value is -2.16. The average molecular weight is 290 g/mol. The Morgan fingerprint density at radius 3 is 2.00 bits per heavy atom. The first-order chi connectivity index (χ1) is 10.8. The molecule has 2 nitrogen and oxygen atoms in total. The first-order valence-electron chi connectivity index (χ1n) is 7.67. The average Bonchev–Trinajstić information content (AvgIpc) is 2.59. The van der Waals surface area contributed by atoms with Crippen LogP contribution < -0.4 is 0 Å². The van der Waals surface area contributed by atoms with Crippen LogP contribution in [0, 0.1) is 0 Å². The monoisotopic (exact) mass is 290 g/mol. The van der Waals surface area contributed by atoms with Crippen molar-refractivity contribution in [3.8, 4) is 0 Å². The van der Waals surface area contributed by atoms with E-state index in [0.29, 0.717) is 0 Å². The molecule has 4 rings (SSSR count). The van der Waals surface area contributed by atoms with Crippen molar-refractivity contribution in [1.29, 1.82) is 0 Å². The molecule has 1 aliphatic carbocycles. The summed E-state index contributed by atoms with van der Waals surface area (Å²) in [7, 11) is 0. The summed E-state index contributed by atoms with van der Waals surface area (Å²) >= 11 is 0. The van der Waals surface area contributed by atoms with E-state index in [1.807, 2.05) is 24.3 Å². The Labute approximate surface area is 129 Å². The lowest BCUT2D eigenvalue weighted by atomic mass is 9.71. The highest BCUT2D eigenvalue weighted by molar-refractivity contribution is 5.89. The molecule has 0 amide bonds. The predicted molar refractivity (Wildman–Crippen MR) is 88.2 cm³/mol. The van der Waals surface area contributed by atoms with Crippen LogP contribution in [-0.4, -0.2) is 23.4 Å². The van der Waals surface area contributed by atoms with Gasteiger partial charge in [0.2, 0.25) is 0 Å². The molecule has 0 bridgehead atoms. The normalized spacial score (nSPS) is 19.7. The van der Waals surface area contributed by atoms with Gasteiger partial charge < -0.3 is 10.2 Å². The molecule has 3 aromatic carbocycles. The molecule has 22 heavy (non-hydrogen) atoms. The molecule has 0 spiro atoms. The number of aliphatic hydroxyl groups excluding tert-OH is 2. The molecular formula is C20H18O2. The van der Waals surface area contributed by atoms with Gasteiger partial charge in [-0.1, -0.05) is 60.7 Å². The second-order valence-corrected chi connectivity index (χ2v) is 5.89. The number of hydrogen-bond acceptors (Lipinski definition) is 2. The maximum Gasteiger partial charge on any atom is 0.0540 e. The third-order valence-electron chi connectivity index (χ3n) is 4.84. The number of aliphatic hydroxyl groups is 2. The van der Waals surface area contributed by atoms with Crippen LogP contribution in [0.5, 0.6) is 0 Å². The minimum atomic E-state index is -0.0277. The summed E-state index contributed by atoms with van der Waals surface area (Å²) in [5, 5.41) is 22.3. The third kappa shape index (κ3) is 1.81. The van der Waals surface area contributed by atoms with Crippen molar-refractivity contribution in [3.05, 3.63) is 82.9 Å². The Bertz CT molecular complexity index is 838. The quantitative estimate of drug-likeness (QED) is 0.759. The van der Waals surface area contributed by atoms with Crippen molar-refractivity contribution in [2.24, 2.45) is 0 Å². The van der Waals surface area contributed by atoms with Crippen LogP contribution in [0.4, 0.5) is 0 Å². The van der Waals surface area contributed by atoms with Crippen LogP contribution >= 0.6 is 0 Å². The van der Waals surface area contributed by atoms with Crippen molar-refractivity contribution in [2.45, 2.75) is 11.8 Å². The molecule has 110 valence electrons. The molecule has 1 aliphatic rings. The minimum Gasteiger partial charge on any atom is -0.395 e. The van der Waals surface area contributed by atoms with Crippen LogP contribution in [0.1, 0.15) is 34.1 Å². The van der Waals surface area contributed by atoms with Gasteiger partial charge in [-0.25, -0.2) is 0 Å². The zero-order chi connectivity index (χ0) is 15.1. The predicted octanol–water partition coefficient (Wildman–Crippen LogP) is 3.40. The lowest BCUT2D eigenvalue weighted by Gasteiger charge is -2.33. The molecule has 0 unspecified atom stereocenters. The van der Waals surface area contributed by atoms with E-state index in [4.69, 9.17) is 0 Å². The lowest BCUT2D eigenvalue weighted by Crippen LogP contribution is -2.22. The highest BCUT2D eigenvalue weighted by atomic mass is 16.3. The summed E-state index contributed by atoms with van der Waals surface area (Å²) in [5.41, 5.74) is 4.57. The Morgan fingerprint density at radius 2 is 1.27 bits per heavy atom. The largest absolute Gasteiger partial charge is 0.395 e. The van der Waals surface area contributed by atoms with Crippen molar-refractivity contribution in [2.75, 3.05) is 13.2 Å². The molecule has 0 aliphatic heterocycles. The summed E-state index contributed by atoms with van der Waals surface area (Å²) in [5.74, 6) is -0.0429. The fourth-order valence-electron chi connectivity index (χ4n) is 3.86. The van der Waals surface area contributed by atoms with Gasteiger partial charge in [0.15, 0.2) is 0 Å². The molecular weight excluding hydrogens is 272 g/mol. The Balaban J connectivity index is 2.08. The first-order valence-corrected chi connectivity index (χ1v) is 7.67. The molecule has 0 saturated heterocycles. The van der Waals surface area contributed by atoms with Crippen molar-refractivity contribution < 1.29 is 10.2 Å². The SMILES string of the molecule is OC[C@H]1c2ccccc2[C@H](CO)c2c1ccc1ccccc21. The molecule has 2 atom stereocenters. The van der Waals surface area contributed by atoms with Gasteiger partial charge in [0, 0.05) is 11.8 Å². The number of fused-ring (bicyclic) bond motifs is 4. The van der Waals surface area contributed by atoms with Gasteiger partial charge in [-0.05, 0) is 33.0 Å². The summed E-state index contributed by atoms with van der Waals surface area (Å²) < 4.78 is 0. The van der Waals surface area contributed by atoms with Gasteiger partial charge in [-0.2, -0.15) is 0 Å². The van der Waals surface area contributed by atoms with E-state index < -0.39 is 0 Å². The molecule has 0 saturated carbocycles. The molecule has 2 N–H and O–H groups in total. The van der Waals surface area contributed by atoms with Crippen LogP contribution in [0.15, 0.2) is 60.7 Å². The summed E-state index contributed by atoms with van der Waals surface area (Å²) in [6, 6.07) is 20.6. The fraction of sp³-hybridized carbons (Fsp3) is 0.200. The van der Waals surface area contributed by atoms with Gasteiger partial charge in [0.05, 0.1) is 13.2 Å². The van der Waals surface area contributed by atoms with Crippen LogP contribution in [0.3, 0.4) is 0 Å². The van der Waals surface area contributed by atoms with Crippen molar-refractivity contribution in [1.82, 2.24) is 0 Å². The zero-order valence-electron chi connectivity index (χ0n) is 12.2. The second kappa shape index (κ2) is 5.24. The van der Waals surface area contributed by atoms with Gasteiger partial charge >= 0.3 is 0 Å². The second-order valence-electron chi connectivity index (χ2n) is 5.89. The standard InChI is InChI=1S/C20H18O2/c21-11-18-15-7-3-4-8-16(15)19(12-22)20-14-6-2-1-5-13(14)9-10-17(18)20/h1-10,18-19,21-22H,11-12H2/t18-,19-/m0/s1. The van der Waals surface area contributed by atoms with Crippen molar-refractivity contribution >= 4 is 10.8 Å². The zero-order valence-corrected chi connectivity index (χ0v) is 12.2. The van der Waals surface area contributed by atoms with E-state index in [1.54, 1.807) is 0 Å². The maximum atomic E-state index is 10.0. The Kier molecular flexibility index (Phi) is 3.21. The van der Waals surface area contributed by atoms with E-state index in [-0.39, 0.29) is 25.0 Å². The third-order valence-corrected chi connectivity index (χ3v) is 4.84. The lowest BCUT2D eigenvalue weighted by molar-refractivity contribution is 0.263. The van der Waals surface area contributed by atoms with Crippen LogP contribution in [0.2, 0.25) is 0 Å². The molecule has 0 fully saturated rings. The smallest absolute Gasteiger partial charge is 0.0540 e. The minimum absolute atomic E-state index is 0.0152. The highest BCUT2D eigenvalue weighted by Crippen LogP contribution is 2.45. The van der Waals surface area contributed by atoms with Crippen LogP contribution in [0.25, 0.3) is 10.8 Å². The molecule has 0 radical (unpaired) electrons. The van der Waals surface area contributed by atoms with Crippen LogP contribution in [-0.2, 0) is 0 Å². The number of rotatable bonds is 2. The topological polar surface area (TPSA) is 40.5 Å². The maximum absolute atomic E-state index is 10.0. The summed E-state index contributed by atoms with van der Waals surface area (Å²) in [6.45, 7) is 0.163. The molecule has 2 heteroatoms. The molecule has 0 aromatic heterocycles. The van der Waals surface area contributed by atoms with Gasteiger partial charge in [0.25, 0.3) is 0 Å². The first kappa shape index (κ1) is 13.5. The van der Waals surface area contributed by atoms with E-state index in [9.17, 15) is 10.2 Å².